The summed E-state index contributed by atoms with van der Waals surface area (Å²) in [5.41, 5.74) is 13.7. The summed E-state index contributed by atoms with van der Waals surface area (Å²) in [5.74, 6) is 0. The van der Waals surface area contributed by atoms with Crippen molar-refractivity contribution in [3.05, 3.63) is 71.8 Å². The van der Waals surface area contributed by atoms with Gasteiger partial charge in [-0.1, -0.05) is 60.7 Å². The van der Waals surface area contributed by atoms with Crippen molar-refractivity contribution in [1.82, 2.24) is 0 Å². The molecule has 0 radical (unpaired) electrons. The van der Waals surface area contributed by atoms with Gasteiger partial charge in [0.05, 0.1) is 5.38 Å². The third kappa shape index (κ3) is 7.28. The van der Waals surface area contributed by atoms with E-state index in [1.54, 1.807) is 0 Å². The van der Waals surface area contributed by atoms with Crippen molar-refractivity contribution in [2.24, 2.45) is 11.5 Å². The molecule has 0 saturated heterocycles. The van der Waals surface area contributed by atoms with E-state index in [0.29, 0.717) is 0 Å². The van der Waals surface area contributed by atoms with E-state index in [-0.39, 0.29) is 18.9 Å². The first-order valence-electron chi connectivity index (χ1n) is 7.24. The van der Waals surface area contributed by atoms with Gasteiger partial charge in [0.15, 0.2) is 0 Å². The van der Waals surface area contributed by atoms with Crippen molar-refractivity contribution in [1.29, 1.82) is 0 Å². The van der Waals surface area contributed by atoms with Crippen LogP contribution in [0.25, 0.3) is 0 Å². The molecule has 0 aliphatic heterocycles. The molecular weight excluding hydrogens is 280 g/mol. The Morgan fingerprint density at radius 3 is 1.81 bits per heavy atom. The van der Waals surface area contributed by atoms with Crippen molar-refractivity contribution in [2.45, 2.75) is 37.7 Å². The molecule has 0 heterocycles. The van der Waals surface area contributed by atoms with Crippen LogP contribution in [0.2, 0.25) is 0 Å². The van der Waals surface area contributed by atoms with Crippen molar-refractivity contribution in [3.63, 3.8) is 0 Å². The summed E-state index contributed by atoms with van der Waals surface area (Å²) < 4.78 is 0. The summed E-state index contributed by atoms with van der Waals surface area (Å²) >= 11 is 6.02. The molecule has 3 heteroatoms. The quantitative estimate of drug-likeness (QED) is 0.834. The summed E-state index contributed by atoms with van der Waals surface area (Å²) in [5, 5.41) is -0.0730. The van der Waals surface area contributed by atoms with E-state index in [1.165, 1.54) is 5.56 Å². The summed E-state index contributed by atoms with van der Waals surface area (Å²) in [6.45, 7) is 3.93. The lowest BCUT2D eigenvalue weighted by molar-refractivity contribution is 0.713. The fourth-order valence-corrected chi connectivity index (χ4v) is 2.07. The second kappa shape index (κ2) is 9.56. The first kappa shape index (κ1) is 17.7. The first-order chi connectivity index (χ1) is 10.0. The Bertz CT molecular complexity index is 489. The minimum Gasteiger partial charge on any atom is -0.328 e. The maximum atomic E-state index is 6.02. The molecule has 0 saturated carbocycles. The van der Waals surface area contributed by atoms with Crippen molar-refractivity contribution in [2.75, 3.05) is 0 Å². The lowest BCUT2D eigenvalue weighted by Gasteiger charge is -2.12. The van der Waals surface area contributed by atoms with Crippen LogP contribution in [0.5, 0.6) is 0 Å². The maximum Gasteiger partial charge on any atom is 0.0733 e. The second-order valence-corrected chi connectivity index (χ2v) is 5.81. The van der Waals surface area contributed by atoms with Gasteiger partial charge in [0.1, 0.15) is 0 Å². The molecule has 3 atom stereocenters. The van der Waals surface area contributed by atoms with Crippen LogP contribution in [0.15, 0.2) is 60.7 Å². The van der Waals surface area contributed by atoms with Gasteiger partial charge in [-0.2, -0.15) is 0 Å². The highest BCUT2D eigenvalue weighted by atomic mass is 35.5. The first-order valence-corrected chi connectivity index (χ1v) is 7.68. The van der Waals surface area contributed by atoms with Gasteiger partial charge in [-0.3, -0.25) is 0 Å². The largest absolute Gasteiger partial charge is 0.328 e. The SMILES string of the molecule is CC(N)C(Cl)c1ccccc1.CC(N)Cc1ccccc1.[HH]. The van der Waals surface area contributed by atoms with Gasteiger partial charge in [-0.25, -0.2) is 0 Å². The summed E-state index contributed by atoms with van der Waals surface area (Å²) in [6.07, 6.45) is 0.973. The zero-order valence-electron chi connectivity index (χ0n) is 12.7. The van der Waals surface area contributed by atoms with E-state index >= 15 is 0 Å². The fraction of sp³-hybridized carbons (Fsp3) is 0.333. The molecule has 0 spiro atoms. The molecule has 116 valence electrons. The molecule has 2 rings (SSSR count). The van der Waals surface area contributed by atoms with Gasteiger partial charge in [0.25, 0.3) is 0 Å². The van der Waals surface area contributed by atoms with Gasteiger partial charge < -0.3 is 11.5 Å². The molecule has 3 unspecified atom stereocenters. The van der Waals surface area contributed by atoms with Crippen LogP contribution in [-0.2, 0) is 6.42 Å². The third-order valence-electron chi connectivity index (χ3n) is 2.98. The molecule has 2 aromatic carbocycles. The van der Waals surface area contributed by atoms with E-state index < -0.39 is 0 Å². The van der Waals surface area contributed by atoms with Crippen LogP contribution in [0.1, 0.15) is 31.8 Å². The number of halogens is 1. The molecule has 21 heavy (non-hydrogen) atoms. The molecule has 0 aromatic heterocycles. The highest BCUT2D eigenvalue weighted by Crippen LogP contribution is 2.21. The molecule has 2 nitrogen and oxygen atoms in total. The van der Waals surface area contributed by atoms with Gasteiger partial charge in [-0.05, 0) is 31.4 Å². The zero-order valence-corrected chi connectivity index (χ0v) is 13.5. The van der Waals surface area contributed by atoms with Crippen molar-refractivity contribution in [3.8, 4) is 0 Å². The van der Waals surface area contributed by atoms with E-state index in [0.717, 1.165) is 12.0 Å². The number of alkyl halides is 1. The predicted molar refractivity (Wildman–Crippen MR) is 94.6 cm³/mol. The van der Waals surface area contributed by atoms with E-state index in [9.17, 15) is 0 Å². The Hall–Kier alpha value is -1.35. The highest BCUT2D eigenvalue weighted by Gasteiger charge is 2.10. The van der Waals surface area contributed by atoms with Crippen molar-refractivity contribution < 1.29 is 1.43 Å². The minimum absolute atomic E-state index is 0. The number of hydrogen-bond acceptors (Lipinski definition) is 2. The number of hydrogen-bond donors (Lipinski definition) is 2. The Morgan fingerprint density at radius 2 is 1.38 bits per heavy atom. The topological polar surface area (TPSA) is 52.0 Å². The molecule has 0 fully saturated rings. The Kier molecular flexibility index (Phi) is 8.06. The van der Waals surface area contributed by atoms with Crippen molar-refractivity contribution >= 4 is 11.6 Å². The van der Waals surface area contributed by atoms with E-state index in [2.05, 4.69) is 12.1 Å². The summed E-state index contributed by atoms with van der Waals surface area (Å²) in [6, 6.07) is 20.4. The summed E-state index contributed by atoms with van der Waals surface area (Å²) in [4.78, 5) is 0. The maximum absolute atomic E-state index is 6.02. The monoisotopic (exact) mass is 306 g/mol. The standard InChI is InChI=1S/C9H12ClN.C9H13N.H2/c1-7(11)9(10)8-5-3-2-4-6-8;1-8(10)7-9-5-3-2-4-6-9;/h2-7,9H,11H2,1H3;2-6,8H,7,10H2,1H3;1H. The molecule has 0 aliphatic carbocycles. The lowest BCUT2D eigenvalue weighted by Crippen LogP contribution is -2.20. The fourth-order valence-electron chi connectivity index (χ4n) is 1.93. The Labute approximate surface area is 134 Å². The Balaban J connectivity index is 0.000000385. The number of rotatable bonds is 4. The molecular formula is C18H27ClN2. The number of benzene rings is 2. The average Bonchev–Trinajstić information content (AvgIpc) is 2.48. The Morgan fingerprint density at radius 1 is 0.905 bits per heavy atom. The van der Waals surface area contributed by atoms with Crippen LogP contribution >= 0.6 is 11.6 Å². The molecule has 0 aliphatic rings. The van der Waals surface area contributed by atoms with Gasteiger partial charge in [0, 0.05) is 13.5 Å². The van der Waals surface area contributed by atoms with Gasteiger partial charge in [-0.15, -0.1) is 11.6 Å². The normalized spacial score (nSPS) is 14.5. The van der Waals surface area contributed by atoms with Crippen LogP contribution in [-0.4, -0.2) is 12.1 Å². The van der Waals surface area contributed by atoms with Gasteiger partial charge in [0.2, 0.25) is 0 Å². The smallest absolute Gasteiger partial charge is 0.0733 e. The highest BCUT2D eigenvalue weighted by molar-refractivity contribution is 6.21. The second-order valence-electron chi connectivity index (χ2n) is 5.34. The molecule has 4 N–H and O–H groups in total. The molecule has 0 bridgehead atoms. The van der Waals surface area contributed by atoms with Crippen LogP contribution in [0, 0.1) is 0 Å². The molecule has 2 aromatic rings. The van der Waals surface area contributed by atoms with Crippen LogP contribution in [0.3, 0.4) is 0 Å². The predicted octanol–water partition coefficient (Wildman–Crippen LogP) is 4.14. The van der Waals surface area contributed by atoms with Gasteiger partial charge >= 0.3 is 0 Å². The third-order valence-corrected chi connectivity index (χ3v) is 3.63. The van der Waals surface area contributed by atoms with Crippen LogP contribution < -0.4 is 11.5 Å². The van der Waals surface area contributed by atoms with E-state index in [4.69, 9.17) is 23.1 Å². The average molecular weight is 307 g/mol. The summed E-state index contributed by atoms with van der Waals surface area (Å²) in [7, 11) is 0. The van der Waals surface area contributed by atoms with Crippen LogP contribution in [0.4, 0.5) is 0 Å². The zero-order chi connectivity index (χ0) is 15.7. The minimum atomic E-state index is -0.0730. The number of nitrogens with two attached hydrogens (primary N) is 2. The lowest BCUT2D eigenvalue weighted by atomic mass is 10.1. The van der Waals surface area contributed by atoms with E-state index in [1.807, 2.05) is 62.4 Å². The molecule has 0 amide bonds.